The van der Waals surface area contributed by atoms with Crippen molar-refractivity contribution in [2.24, 2.45) is 11.8 Å². The maximum Gasteiger partial charge on any atom is 0.573 e. The highest BCUT2D eigenvalue weighted by atomic mass is 19.4. The highest BCUT2D eigenvalue weighted by molar-refractivity contribution is 6.07. The van der Waals surface area contributed by atoms with E-state index in [4.69, 9.17) is 0 Å². The van der Waals surface area contributed by atoms with Crippen LogP contribution in [0.1, 0.15) is 48.0 Å². The first-order valence-electron chi connectivity index (χ1n) is 12.5. The van der Waals surface area contributed by atoms with Crippen molar-refractivity contribution in [3.05, 3.63) is 59.7 Å². The van der Waals surface area contributed by atoms with Gasteiger partial charge in [0.25, 0.3) is 5.91 Å². The summed E-state index contributed by atoms with van der Waals surface area (Å²) in [6, 6.07) is 11.5. The van der Waals surface area contributed by atoms with Crippen LogP contribution >= 0.6 is 0 Å². The van der Waals surface area contributed by atoms with Crippen molar-refractivity contribution < 1.29 is 37.4 Å². The Bertz CT molecular complexity index is 1250. The number of nitrogens with zero attached hydrogens (tertiary/aromatic N) is 2. The van der Waals surface area contributed by atoms with Crippen LogP contribution in [0.5, 0.6) is 5.75 Å². The minimum Gasteiger partial charge on any atom is -0.480 e. The Morgan fingerprint density at radius 3 is 2.39 bits per heavy atom. The SMILES string of the molecule is CN(CC(=O)O)C(=O)N[C@]1(C2CC2)c2ccccc2N(C(=O)c2ccc(OC(F)(F)F)cc2)[C@@H]2CCC[C@@H]21. The molecule has 3 atom stereocenters. The van der Waals surface area contributed by atoms with E-state index in [0.717, 1.165) is 48.3 Å². The van der Waals surface area contributed by atoms with Gasteiger partial charge in [0, 0.05) is 35.8 Å². The Morgan fingerprint density at radius 1 is 1.08 bits per heavy atom. The van der Waals surface area contributed by atoms with Gasteiger partial charge in [-0.25, -0.2) is 4.79 Å². The standard InChI is InChI=1S/C27H28F3N3O5/c1-32(15-23(34)35)25(37)31-26(17-11-12-17)19-5-2-3-7-21(19)33(22-8-4-6-20(22)26)24(36)16-9-13-18(14-10-16)38-27(28,29)30/h2-3,5,7,9-10,13-14,17,20,22H,4,6,8,11-12,15H2,1H3,(H,31,37)(H,34,35)/t20-,22+,26+/m0/s1. The number of hydrogen-bond acceptors (Lipinski definition) is 4. The van der Waals surface area contributed by atoms with Crippen LogP contribution in [0.25, 0.3) is 0 Å². The van der Waals surface area contributed by atoms with Crippen LogP contribution in [0.4, 0.5) is 23.7 Å². The minimum atomic E-state index is -4.83. The van der Waals surface area contributed by atoms with Crippen LogP contribution in [-0.4, -0.2) is 53.9 Å². The lowest BCUT2D eigenvalue weighted by Gasteiger charge is -2.52. The van der Waals surface area contributed by atoms with Gasteiger partial charge in [-0.3, -0.25) is 9.59 Å². The summed E-state index contributed by atoms with van der Waals surface area (Å²) in [5.74, 6) is -1.83. The largest absolute Gasteiger partial charge is 0.573 e. The molecule has 0 unspecified atom stereocenters. The highest BCUT2D eigenvalue weighted by Gasteiger charge is 2.61. The molecule has 38 heavy (non-hydrogen) atoms. The van der Waals surface area contributed by atoms with Crippen LogP contribution < -0.4 is 15.0 Å². The number of amides is 3. The first-order valence-corrected chi connectivity index (χ1v) is 12.5. The van der Waals surface area contributed by atoms with Crippen molar-refractivity contribution in [2.45, 2.75) is 50.0 Å². The second kappa shape index (κ2) is 9.52. The van der Waals surface area contributed by atoms with Gasteiger partial charge in [0.1, 0.15) is 12.3 Å². The Labute approximate surface area is 217 Å². The number of carbonyl (C=O) groups is 3. The maximum absolute atomic E-state index is 13.9. The number of hydrogen-bond donors (Lipinski definition) is 2. The molecule has 0 radical (unpaired) electrons. The smallest absolute Gasteiger partial charge is 0.480 e. The third-order valence-electron chi connectivity index (χ3n) is 7.81. The molecule has 0 aromatic heterocycles. The molecule has 11 heteroatoms. The van der Waals surface area contributed by atoms with E-state index in [0.29, 0.717) is 12.1 Å². The second-order valence-electron chi connectivity index (χ2n) is 10.2. The number of urea groups is 1. The number of carboxylic acids is 1. The van der Waals surface area contributed by atoms with Crippen LogP contribution in [0, 0.1) is 11.8 Å². The van der Waals surface area contributed by atoms with E-state index in [9.17, 15) is 32.7 Å². The van der Waals surface area contributed by atoms with Gasteiger partial charge in [0.2, 0.25) is 0 Å². The third kappa shape index (κ3) is 4.65. The van der Waals surface area contributed by atoms with Gasteiger partial charge >= 0.3 is 18.4 Å². The van der Waals surface area contributed by atoms with Gasteiger partial charge in [0.15, 0.2) is 0 Å². The van der Waals surface area contributed by atoms with Crippen LogP contribution in [0.2, 0.25) is 0 Å². The van der Waals surface area contributed by atoms with Gasteiger partial charge in [-0.2, -0.15) is 0 Å². The Kier molecular flexibility index (Phi) is 6.48. The number of ether oxygens (including phenoxy) is 1. The number of halogens is 3. The van der Waals surface area contributed by atoms with E-state index in [1.165, 1.54) is 19.2 Å². The van der Waals surface area contributed by atoms with E-state index in [-0.39, 0.29) is 29.3 Å². The van der Waals surface area contributed by atoms with Crippen molar-refractivity contribution in [1.82, 2.24) is 10.2 Å². The number of benzene rings is 2. The Morgan fingerprint density at radius 2 is 1.76 bits per heavy atom. The second-order valence-corrected chi connectivity index (χ2v) is 10.2. The molecule has 3 aliphatic rings. The number of likely N-dealkylation sites (N-methyl/N-ethyl adjacent to an activating group) is 1. The molecule has 0 saturated heterocycles. The Hall–Kier alpha value is -3.76. The van der Waals surface area contributed by atoms with Crippen LogP contribution in [0.3, 0.4) is 0 Å². The quantitative estimate of drug-likeness (QED) is 0.561. The summed E-state index contributed by atoms with van der Waals surface area (Å²) in [6.45, 7) is -0.443. The summed E-state index contributed by atoms with van der Waals surface area (Å²) in [6.07, 6.45) is -0.732. The van der Waals surface area contributed by atoms with Crippen LogP contribution in [-0.2, 0) is 10.3 Å². The molecule has 0 spiro atoms. The van der Waals surface area contributed by atoms with Gasteiger partial charge in [-0.1, -0.05) is 24.6 Å². The van der Waals surface area contributed by atoms with Crippen molar-refractivity contribution >= 4 is 23.6 Å². The number of fused-ring (bicyclic) bond motifs is 2. The lowest BCUT2D eigenvalue weighted by molar-refractivity contribution is -0.274. The monoisotopic (exact) mass is 531 g/mol. The fraction of sp³-hybridized carbons (Fsp3) is 0.444. The normalized spacial score (nSPS) is 24.3. The molecular formula is C27H28F3N3O5. The number of carbonyl (C=O) groups excluding carboxylic acids is 2. The molecule has 2 N–H and O–H groups in total. The lowest BCUT2D eigenvalue weighted by atomic mass is 9.68. The van der Waals surface area contributed by atoms with Gasteiger partial charge < -0.3 is 25.0 Å². The molecular weight excluding hydrogens is 503 g/mol. The number of nitrogens with one attached hydrogen (secondary N) is 1. The molecule has 5 rings (SSSR count). The number of anilines is 1. The first-order chi connectivity index (χ1) is 18.0. The number of aliphatic carboxylic acids is 1. The van der Waals surface area contributed by atoms with E-state index in [2.05, 4.69) is 10.1 Å². The molecule has 2 fully saturated rings. The molecule has 2 aromatic rings. The maximum atomic E-state index is 13.9. The molecule has 3 amide bonds. The average molecular weight is 532 g/mol. The molecule has 2 aliphatic carbocycles. The Balaban J connectivity index is 1.53. The minimum absolute atomic E-state index is 0.108. The predicted molar refractivity (Wildman–Crippen MR) is 131 cm³/mol. The van der Waals surface area contributed by atoms with Crippen molar-refractivity contribution in [2.75, 3.05) is 18.5 Å². The molecule has 8 nitrogen and oxygen atoms in total. The van der Waals surface area contributed by atoms with Crippen molar-refractivity contribution in [3.63, 3.8) is 0 Å². The molecule has 1 heterocycles. The van der Waals surface area contributed by atoms with E-state index in [1.54, 1.807) is 4.90 Å². The topological polar surface area (TPSA) is 99.2 Å². The zero-order valence-electron chi connectivity index (χ0n) is 20.7. The van der Waals surface area contributed by atoms with Gasteiger partial charge in [-0.05, 0) is 61.9 Å². The summed E-state index contributed by atoms with van der Waals surface area (Å²) in [4.78, 5) is 41.2. The predicted octanol–water partition coefficient (Wildman–Crippen LogP) is 4.75. The summed E-state index contributed by atoms with van der Waals surface area (Å²) >= 11 is 0. The summed E-state index contributed by atoms with van der Waals surface area (Å²) in [7, 11) is 1.44. The number of rotatable bonds is 6. The van der Waals surface area contributed by atoms with Crippen LogP contribution in [0.15, 0.2) is 48.5 Å². The number of alkyl halides is 3. The fourth-order valence-electron chi connectivity index (χ4n) is 6.26. The van der Waals surface area contributed by atoms with E-state index >= 15 is 0 Å². The molecule has 2 aromatic carbocycles. The molecule has 1 aliphatic heterocycles. The number of para-hydroxylation sites is 1. The summed E-state index contributed by atoms with van der Waals surface area (Å²) < 4.78 is 41.7. The first kappa shape index (κ1) is 25.9. The van der Waals surface area contributed by atoms with Gasteiger partial charge in [-0.15, -0.1) is 13.2 Å². The van der Waals surface area contributed by atoms with Gasteiger partial charge in [0.05, 0.1) is 5.54 Å². The average Bonchev–Trinajstić information content (AvgIpc) is 3.60. The van der Waals surface area contributed by atoms with Crippen molar-refractivity contribution in [1.29, 1.82) is 0 Å². The fourth-order valence-corrected chi connectivity index (χ4v) is 6.26. The lowest BCUT2D eigenvalue weighted by Crippen LogP contribution is -2.63. The highest BCUT2D eigenvalue weighted by Crippen LogP contribution is 2.60. The molecule has 0 bridgehead atoms. The molecule has 202 valence electrons. The zero-order chi connectivity index (χ0) is 27.2. The number of carboxylic acid groups (broad SMARTS) is 1. The third-order valence-corrected chi connectivity index (χ3v) is 7.81. The van der Waals surface area contributed by atoms with E-state index in [1.807, 2.05) is 24.3 Å². The molecule has 2 saturated carbocycles. The van der Waals surface area contributed by atoms with Crippen molar-refractivity contribution in [3.8, 4) is 5.75 Å². The zero-order valence-corrected chi connectivity index (χ0v) is 20.7. The van der Waals surface area contributed by atoms with E-state index < -0.39 is 36.2 Å². The summed E-state index contributed by atoms with van der Waals surface area (Å²) in [5, 5.41) is 12.4. The summed E-state index contributed by atoms with van der Waals surface area (Å²) in [5.41, 5.74) is 0.907.